The van der Waals surface area contributed by atoms with Crippen molar-refractivity contribution in [2.75, 3.05) is 23.9 Å². The van der Waals surface area contributed by atoms with Crippen molar-refractivity contribution in [3.05, 3.63) is 54.1 Å². The van der Waals surface area contributed by atoms with E-state index in [0.29, 0.717) is 22.7 Å². The van der Waals surface area contributed by atoms with Gasteiger partial charge in [-0.2, -0.15) is 0 Å². The second-order valence-electron chi connectivity index (χ2n) is 6.29. The van der Waals surface area contributed by atoms with Gasteiger partial charge in [0, 0.05) is 18.7 Å². The lowest BCUT2D eigenvalue weighted by molar-refractivity contribution is -0.136. The van der Waals surface area contributed by atoms with Gasteiger partial charge >= 0.3 is 5.97 Å². The lowest BCUT2D eigenvalue weighted by atomic mass is 10.1. The number of carbonyl (C=O) groups excluding carboxylic acids is 2. The minimum atomic E-state index is -0.977. The van der Waals surface area contributed by atoms with Crippen molar-refractivity contribution in [1.29, 1.82) is 0 Å². The molecule has 1 aliphatic heterocycles. The Kier molecular flexibility index (Phi) is 5.40. The van der Waals surface area contributed by atoms with Crippen LogP contribution in [0.25, 0.3) is 0 Å². The molecule has 2 aromatic carbocycles. The molecule has 1 heterocycles. The van der Waals surface area contributed by atoms with Crippen LogP contribution in [0.15, 0.2) is 48.5 Å². The van der Waals surface area contributed by atoms with E-state index in [1.54, 1.807) is 47.4 Å². The van der Waals surface area contributed by atoms with E-state index < -0.39 is 11.9 Å². The summed E-state index contributed by atoms with van der Waals surface area (Å²) in [5.74, 6) is -1.40. The Labute approximate surface area is 156 Å². The number of carboxylic acids is 1. The molecule has 0 aliphatic carbocycles. The molecule has 2 aromatic rings. The summed E-state index contributed by atoms with van der Waals surface area (Å²) in [7, 11) is 1.53. The molecular weight excluding hydrogens is 348 g/mol. The highest BCUT2D eigenvalue weighted by atomic mass is 16.5. The van der Waals surface area contributed by atoms with Crippen molar-refractivity contribution in [3.63, 3.8) is 0 Å². The van der Waals surface area contributed by atoms with Crippen LogP contribution in [-0.2, 0) is 20.8 Å². The summed E-state index contributed by atoms with van der Waals surface area (Å²) in [6.45, 7) is 0.242. The Balaban J connectivity index is 1.74. The van der Waals surface area contributed by atoms with Gasteiger partial charge in [0.2, 0.25) is 11.8 Å². The zero-order valence-electron chi connectivity index (χ0n) is 14.8. The third-order valence-electron chi connectivity index (χ3n) is 4.49. The van der Waals surface area contributed by atoms with Gasteiger partial charge in [0.15, 0.2) is 0 Å². The van der Waals surface area contributed by atoms with Crippen molar-refractivity contribution < 1.29 is 24.2 Å². The average molecular weight is 368 g/mol. The molecule has 7 nitrogen and oxygen atoms in total. The molecule has 0 spiro atoms. The molecule has 0 radical (unpaired) electrons. The maximum Gasteiger partial charge on any atom is 0.307 e. The molecule has 1 aliphatic rings. The van der Waals surface area contributed by atoms with Gasteiger partial charge in [-0.25, -0.2) is 0 Å². The lowest BCUT2D eigenvalue weighted by Gasteiger charge is -2.19. The minimum Gasteiger partial charge on any atom is -0.495 e. The van der Waals surface area contributed by atoms with E-state index >= 15 is 0 Å². The summed E-state index contributed by atoms with van der Waals surface area (Å²) >= 11 is 0. The van der Waals surface area contributed by atoms with Gasteiger partial charge in [0.25, 0.3) is 0 Å². The first-order valence-corrected chi connectivity index (χ1v) is 8.53. The number of methoxy groups -OCH3 is 1. The number of ether oxygens (including phenoxy) is 1. The third kappa shape index (κ3) is 4.08. The number of carbonyl (C=O) groups is 3. The number of nitrogens with one attached hydrogen (secondary N) is 1. The van der Waals surface area contributed by atoms with Crippen molar-refractivity contribution in [3.8, 4) is 5.75 Å². The molecule has 1 unspecified atom stereocenters. The highest BCUT2D eigenvalue weighted by Crippen LogP contribution is 2.33. The van der Waals surface area contributed by atoms with E-state index in [-0.39, 0.29) is 31.2 Å². The minimum absolute atomic E-state index is 0.0883. The number of rotatable bonds is 6. The summed E-state index contributed by atoms with van der Waals surface area (Å²) in [6.07, 6.45) is -0.0988. The predicted octanol–water partition coefficient (Wildman–Crippen LogP) is 2.31. The number of nitrogens with zero attached hydrogens (tertiary/aromatic N) is 1. The maximum atomic E-state index is 12.7. The zero-order chi connectivity index (χ0) is 19.4. The summed E-state index contributed by atoms with van der Waals surface area (Å²) in [5.41, 5.74) is 1.60. The number of benzene rings is 2. The van der Waals surface area contributed by atoms with E-state index in [9.17, 15) is 14.4 Å². The van der Waals surface area contributed by atoms with Crippen LogP contribution >= 0.6 is 0 Å². The number of anilines is 2. The van der Waals surface area contributed by atoms with Gasteiger partial charge < -0.3 is 20.1 Å². The molecule has 0 aromatic heterocycles. The average Bonchev–Trinajstić information content (AvgIpc) is 3.04. The quantitative estimate of drug-likeness (QED) is 0.816. The number of aliphatic carboxylic acids is 1. The number of para-hydroxylation sites is 3. The molecule has 1 saturated heterocycles. The van der Waals surface area contributed by atoms with Gasteiger partial charge in [0.05, 0.1) is 25.1 Å². The Bertz CT molecular complexity index is 880. The second kappa shape index (κ2) is 7.90. The summed E-state index contributed by atoms with van der Waals surface area (Å²) in [6, 6.07) is 13.9. The van der Waals surface area contributed by atoms with Gasteiger partial charge in [-0.1, -0.05) is 30.3 Å². The Morgan fingerprint density at radius 2 is 1.89 bits per heavy atom. The fourth-order valence-corrected chi connectivity index (χ4v) is 3.16. The van der Waals surface area contributed by atoms with Crippen LogP contribution in [0.3, 0.4) is 0 Å². The topological polar surface area (TPSA) is 95.9 Å². The van der Waals surface area contributed by atoms with Crippen molar-refractivity contribution in [2.24, 2.45) is 5.92 Å². The summed E-state index contributed by atoms with van der Waals surface area (Å²) in [4.78, 5) is 37.6. The van der Waals surface area contributed by atoms with E-state index in [0.717, 1.165) is 0 Å². The first kappa shape index (κ1) is 18.4. The van der Waals surface area contributed by atoms with Crippen LogP contribution in [0.5, 0.6) is 5.75 Å². The monoisotopic (exact) mass is 368 g/mol. The highest BCUT2D eigenvalue weighted by Gasteiger charge is 2.36. The first-order chi connectivity index (χ1) is 13.0. The third-order valence-corrected chi connectivity index (χ3v) is 4.49. The zero-order valence-corrected chi connectivity index (χ0v) is 14.8. The molecule has 1 atom stereocenters. The Hall–Kier alpha value is -3.35. The molecule has 1 fully saturated rings. The lowest BCUT2D eigenvalue weighted by Crippen LogP contribution is -2.28. The van der Waals surface area contributed by atoms with Crippen LogP contribution in [0.1, 0.15) is 12.0 Å². The molecule has 0 bridgehead atoms. The van der Waals surface area contributed by atoms with Crippen LogP contribution in [0.2, 0.25) is 0 Å². The number of hydrogen-bond donors (Lipinski definition) is 2. The Morgan fingerprint density at radius 1 is 1.19 bits per heavy atom. The van der Waals surface area contributed by atoms with Crippen molar-refractivity contribution in [1.82, 2.24) is 0 Å². The standard InChI is InChI=1S/C20H20N2O5/c1-27-17-9-5-4-8-16(17)22-12-14(10-18(22)23)20(26)21-15-7-3-2-6-13(15)11-19(24)25/h2-9,14H,10-12H2,1H3,(H,21,26)(H,24,25). The maximum absolute atomic E-state index is 12.7. The van der Waals surface area contributed by atoms with Crippen LogP contribution in [-0.4, -0.2) is 36.5 Å². The predicted molar refractivity (Wildman–Crippen MR) is 99.9 cm³/mol. The highest BCUT2D eigenvalue weighted by molar-refractivity contribution is 6.04. The van der Waals surface area contributed by atoms with Crippen molar-refractivity contribution in [2.45, 2.75) is 12.8 Å². The largest absolute Gasteiger partial charge is 0.495 e. The molecule has 7 heteroatoms. The Morgan fingerprint density at radius 3 is 2.63 bits per heavy atom. The van der Waals surface area contributed by atoms with Gasteiger partial charge in [-0.3, -0.25) is 14.4 Å². The van der Waals surface area contributed by atoms with Gasteiger partial charge in [0.1, 0.15) is 5.75 Å². The molecule has 2 N–H and O–H groups in total. The number of carboxylic acid groups (broad SMARTS) is 1. The fourth-order valence-electron chi connectivity index (χ4n) is 3.16. The van der Waals surface area contributed by atoms with Crippen molar-refractivity contribution >= 4 is 29.2 Å². The molecule has 2 amide bonds. The van der Waals surface area contributed by atoms with E-state index in [2.05, 4.69) is 5.32 Å². The number of hydrogen-bond acceptors (Lipinski definition) is 4. The summed E-state index contributed by atoms with van der Waals surface area (Å²) in [5, 5.41) is 11.8. The molecular formula is C20H20N2O5. The molecule has 3 rings (SSSR count). The van der Waals surface area contributed by atoms with Crippen LogP contribution in [0.4, 0.5) is 11.4 Å². The number of amides is 2. The SMILES string of the molecule is COc1ccccc1N1CC(C(=O)Nc2ccccc2CC(=O)O)CC1=O. The van der Waals surface area contributed by atoms with E-state index in [1.807, 2.05) is 6.07 Å². The smallest absolute Gasteiger partial charge is 0.307 e. The molecule has 0 saturated carbocycles. The van der Waals surface area contributed by atoms with E-state index in [1.165, 1.54) is 7.11 Å². The fraction of sp³-hybridized carbons (Fsp3) is 0.250. The first-order valence-electron chi connectivity index (χ1n) is 8.53. The normalized spacial score (nSPS) is 16.3. The van der Waals surface area contributed by atoms with Crippen LogP contribution in [0, 0.1) is 5.92 Å². The summed E-state index contributed by atoms with van der Waals surface area (Å²) < 4.78 is 5.30. The van der Waals surface area contributed by atoms with Gasteiger partial charge in [-0.15, -0.1) is 0 Å². The molecule has 27 heavy (non-hydrogen) atoms. The molecule has 140 valence electrons. The van der Waals surface area contributed by atoms with E-state index in [4.69, 9.17) is 9.84 Å². The second-order valence-corrected chi connectivity index (χ2v) is 6.29. The van der Waals surface area contributed by atoms with Crippen LogP contribution < -0.4 is 15.0 Å². The van der Waals surface area contributed by atoms with Gasteiger partial charge in [-0.05, 0) is 23.8 Å².